The lowest BCUT2D eigenvalue weighted by Gasteiger charge is -2.15. The molecule has 0 radical (unpaired) electrons. The fourth-order valence-corrected chi connectivity index (χ4v) is 1.16. The lowest BCUT2D eigenvalue weighted by atomic mass is 10.4. The molecule has 0 unspecified atom stereocenters. The van der Waals surface area contributed by atoms with Crippen molar-refractivity contribution < 1.29 is 18.9 Å². The van der Waals surface area contributed by atoms with Gasteiger partial charge in [0.25, 0.3) is 0 Å². The summed E-state index contributed by atoms with van der Waals surface area (Å²) in [5.74, 6) is 0. The minimum absolute atomic E-state index is 0.321. The van der Waals surface area contributed by atoms with Crippen LogP contribution in [0.2, 0.25) is 0 Å². The topological polar surface area (TPSA) is 36.9 Å². The van der Waals surface area contributed by atoms with Crippen molar-refractivity contribution in [3.05, 3.63) is 12.2 Å². The zero-order chi connectivity index (χ0) is 12.2. The van der Waals surface area contributed by atoms with Gasteiger partial charge < -0.3 is 18.9 Å². The van der Waals surface area contributed by atoms with Gasteiger partial charge >= 0.3 is 0 Å². The van der Waals surface area contributed by atoms with Crippen LogP contribution in [-0.2, 0) is 18.9 Å². The van der Waals surface area contributed by atoms with Gasteiger partial charge in [-0.05, 0) is 39.8 Å². The van der Waals surface area contributed by atoms with Gasteiger partial charge in [-0.1, -0.05) is 0 Å². The van der Waals surface area contributed by atoms with Crippen molar-refractivity contribution >= 4 is 0 Å². The zero-order valence-electron chi connectivity index (χ0n) is 10.8. The Labute approximate surface area is 98.5 Å². The summed E-state index contributed by atoms with van der Waals surface area (Å²) in [5.41, 5.74) is 0. The van der Waals surface area contributed by atoms with E-state index < -0.39 is 0 Å². The van der Waals surface area contributed by atoms with E-state index in [1.807, 2.05) is 39.8 Å². The molecule has 4 heteroatoms. The van der Waals surface area contributed by atoms with Gasteiger partial charge in [-0.3, -0.25) is 0 Å². The van der Waals surface area contributed by atoms with E-state index in [-0.39, 0.29) is 12.6 Å². The highest BCUT2D eigenvalue weighted by atomic mass is 16.7. The smallest absolute Gasteiger partial charge is 0.176 e. The molecular formula is C12H24O4. The minimum Gasteiger partial charge on any atom is -0.349 e. The molecule has 0 saturated carbocycles. The normalized spacial score (nSPS) is 12.1. The molecule has 0 heterocycles. The standard InChI is InChI=1S/C12H24O4/c1-5-13-11(14-6-2)9-10-12(15-7-3)16-8-4/h9-12H,5-8H2,1-4H3. The molecule has 0 aromatic rings. The third-order valence-corrected chi connectivity index (χ3v) is 1.75. The summed E-state index contributed by atoms with van der Waals surface area (Å²) in [5, 5.41) is 0. The van der Waals surface area contributed by atoms with Crippen LogP contribution in [-0.4, -0.2) is 39.0 Å². The maximum absolute atomic E-state index is 5.37. The van der Waals surface area contributed by atoms with Crippen LogP contribution in [0.25, 0.3) is 0 Å². The van der Waals surface area contributed by atoms with Crippen LogP contribution in [0.5, 0.6) is 0 Å². The van der Waals surface area contributed by atoms with Crippen LogP contribution in [0, 0.1) is 0 Å². The number of hydrogen-bond donors (Lipinski definition) is 0. The molecule has 0 spiro atoms. The first-order valence-electron chi connectivity index (χ1n) is 5.93. The van der Waals surface area contributed by atoms with E-state index in [0.29, 0.717) is 26.4 Å². The third-order valence-electron chi connectivity index (χ3n) is 1.75. The van der Waals surface area contributed by atoms with Gasteiger partial charge in [-0.15, -0.1) is 0 Å². The molecule has 0 N–H and O–H groups in total. The molecule has 0 aliphatic rings. The van der Waals surface area contributed by atoms with Crippen LogP contribution < -0.4 is 0 Å². The average molecular weight is 232 g/mol. The zero-order valence-corrected chi connectivity index (χ0v) is 10.8. The van der Waals surface area contributed by atoms with Gasteiger partial charge in [0.05, 0.1) is 0 Å². The second-order valence-electron chi connectivity index (χ2n) is 2.94. The first-order valence-corrected chi connectivity index (χ1v) is 5.93. The monoisotopic (exact) mass is 232 g/mol. The van der Waals surface area contributed by atoms with Crippen LogP contribution in [0.15, 0.2) is 12.2 Å². The summed E-state index contributed by atoms with van der Waals surface area (Å²) in [6.07, 6.45) is 3.00. The Balaban J connectivity index is 4.12. The van der Waals surface area contributed by atoms with Crippen LogP contribution in [0.3, 0.4) is 0 Å². The van der Waals surface area contributed by atoms with E-state index in [2.05, 4.69) is 0 Å². The molecule has 0 bridgehead atoms. The lowest BCUT2D eigenvalue weighted by molar-refractivity contribution is -0.115. The molecule has 0 saturated heterocycles. The van der Waals surface area contributed by atoms with Crippen molar-refractivity contribution in [1.29, 1.82) is 0 Å². The Morgan fingerprint density at radius 2 is 0.875 bits per heavy atom. The molecule has 0 aromatic carbocycles. The Morgan fingerprint density at radius 1 is 0.625 bits per heavy atom. The Bertz CT molecular complexity index is 140. The molecule has 0 aliphatic heterocycles. The third kappa shape index (κ3) is 7.82. The largest absolute Gasteiger partial charge is 0.349 e. The molecule has 16 heavy (non-hydrogen) atoms. The number of ether oxygens (including phenoxy) is 4. The average Bonchev–Trinajstić information content (AvgIpc) is 2.27. The highest BCUT2D eigenvalue weighted by Crippen LogP contribution is 2.02. The van der Waals surface area contributed by atoms with E-state index in [4.69, 9.17) is 18.9 Å². The van der Waals surface area contributed by atoms with Gasteiger partial charge in [-0.2, -0.15) is 0 Å². The Kier molecular flexibility index (Phi) is 10.8. The summed E-state index contributed by atoms with van der Waals surface area (Å²) in [6, 6.07) is 0. The fourth-order valence-electron chi connectivity index (χ4n) is 1.16. The first kappa shape index (κ1) is 15.6. The molecular weight excluding hydrogens is 208 g/mol. The Hall–Kier alpha value is -0.420. The summed E-state index contributed by atoms with van der Waals surface area (Å²) in [4.78, 5) is 0. The van der Waals surface area contributed by atoms with Crippen molar-refractivity contribution in [2.45, 2.75) is 40.3 Å². The Morgan fingerprint density at radius 3 is 1.06 bits per heavy atom. The maximum atomic E-state index is 5.37. The highest BCUT2D eigenvalue weighted by Gasteiger charge is 2.06. The predicted molar refractivity (Wildman–Crippen MR) is 63.2 cm³/mol. The van der Waals surface area contributed by atoms with E-state index in [1.165, 1.54) is 0 Å². The molecule has 0 aliphatic carbocycles. The second kappa shape index (κ2) is 11.1. The molecule has 4 nitrogen and oxygen atoms in total. The summed E-state index contributed by atoms with van der Waals surface area (Å²) < 4.78 is 21.5. The van der Waals surface area contributed by atoms with Crippen molar-refractivity contribution in [2.24, 2.45) is 0 Å². The molecule has 0 aromatic heterocycles. The maximum Gasteiger partial charge on any atom is 0.176 e. The van der Waals surface area contributed by atoms with E-state index in [0.717, 1.165) is 0 Å². The number of hydrogen-bond acceptors (Lipinski definition) is 4. The van der Waals surface area contributed by atoms with Crippen molar-refractivity contribution in [1.82, 2.24) is 0 Å². The fraction of sp³-hybridized carbons (Fsp3) is 0.833. The van der Waals surface area contributed by atoms with Gasteiger partial charge in [-0.25, -0.2) is 0 Å². The molecule has 0 fully saturated rings. The van der Waals surface area contributed by atoms with E-state index in [1.54, 1.807) is 0 Å². The molecule has 0 atom stereocenters. The van der Waals surface area contributed by atoms with Gasteiger partial charge in [0.1, 0.15) is 0 Å². The predicted octanol–water partition coefficient (Wildman–Crippen LogP) is 2.34. The van der Waals surface area contributed by atoms with Crippen LogP contribution >= 0.6 is 0 Å². The summed E-state index contributed by atoms with van der Waals surface area (Å²) in [6.45, 7) is 10.2. The first-order chi connectivity index (χ1) is 7.78. The van der Waals surface area contributed by atoms with Crippen molar-refractivity contribution in [2.75, 3.05) is 26.4 Å². The van der Waals surface area contributed by atoms with Gasteiger partial charge in [0.15, 0.2) is 12.6 Å². The minimum atomic E-state index is -0.321. The van der Waals surface area contributed by atoms with E-state index >= 15 is 0 Å². The van der Waals surface area contributed by atoms with E-state index in [9.17, 15) is 0 Å². The SMILES string of the molecule is CCOC(C=CC(OCC)OCC)OCC. The summed E-state index contributed by atoms with van der Waals surface area (Å²) in [7, 11) is 0. The number of rotatable bonds is 10. The molecule has 0 rings (SSSR count). The second-order valence-corrected chi connectivity index (χ2v) is 2.94. The summed E-state index contributed by atoms with van der Waals surface area (Å²) >= 11 is 0. The van der Waals surface area contributed by atoms with Gasteiger partial charge in [0.2, 0.25) is 0 Å². The van der Waals surface area contributed by atoms with Crippen molar-refractivity contribution in [3.8, 4) is 0 Å². The van der Waals surface area contributed by atoms with Crippen LogP contribution in [0.4, 0.5) is 0 Å². The molecule has 0 amide bonds. The quantitative estimate of drug-likeness (QED) is 0.428. The molecule has 96 valence electrons. The van der Waals surface area contributed by atoms with Crippen LogP contribution in [0.1, 0.15) is 27.7 Å². The lowest BCUT2D eigenvalue weighted by Crippen LogP contribution is -2.18. The highest BCUT2D eigenvalue weighted by molar-refractivity contribution is 4.88. The van der Waals surface area contributed by atoms with Gasteiger partial charge in [0, 0.05) is 26.4 Å². The van der Waals surface area contributed by atoms with Crippen molar-refractivity contribution in [3.63, 3.8) is 0 Å².